The lowest BCUT2D eigenvalue weighted by Gasteiger charge is -1.99. The van der Waals surface area contributed by atoms with Gasteiger partial charge in [-0.05, 0) is 6.07 Å². The summed E-state index contributed by atoms with van der Waals surface area (Å²) in [5, 5.41) is 10.7. The number of para-hydroxylation sites is 1. The fraction of sp³-hybridized carbons (Fsp3) is 0.222. The van der Waals surface area contributed by atoms with Gasteiger partial charge in [-0.1, -0.05) is 12.1 Å². The highest BCUT2D eigenvalue weighted by Gasteiger charge is 2.34. The summed E-state index contributed by atoms with van der Waals surface area (Å²) < 4.78 is 36.9. The maximum absolute atomic E-state index is 12.3. The average Bonchev–Trinajstić information content (AvgIpc) is 2.59. The van der Waals surface area contributed by atoms with Gasteiger partial charge in [-0.25, -0.2) is 10.1 Å². The van der Waals surface area contributed by atoms with Crippen molar-refractivity contribution < 1.29 is 18.3 Å². The van der Waals surface area contributed by atoms with Gasteiger partial charge in [0, 0.05) is 5.56 Å². The lowest BCUT2D eigenvalue weighted by molar-refractivity contribution is -0.144. The van der Waals surface area contributed by atoms with E-state index >= 15 is 0 Å². The van der Waals surface area contributed by atoms with Crippen LogP contribution in [0, 0.1) is 0 Å². The summed E-state index contributed by atoms with van der Waals surface area (Å²) in [7, 11) is 0. The Morgan fingerprint density at radius 3 is 2.67 bits per heavy atom. The van der Waals surface area contributed by atoms with Crippen molar-refractivity contribution in [3.05, 3.63) is 29.6 Å². The molecular formula is C9H6F3N2O. The number of rotatable bonds is 1. The molecule has 2 aromatic rings. The number of fused-ring (bicyclic) bond motifs is 1. The van der Waals surface area contributed by atoms with E-state index in [0.29, 0.717) is 0 Å². The number of hydrogen-bond donors (Lipinski definition) is 1. The van der Waals surface area contributed by atoms with E-state index < -0.39 is 18.6 Å². The molecule has 6 heteroatoms. The van der Waals surface area contributed by atoms with Crippen LogP contribution >= 0.6 is 0 Å². The zero-order chi connectivity index (χ0) is 11.1. The van der Waals surface area contributed by atoms with E-state index in [4.69, 9.17) is 0 Å². The molecule has 79 valence electrons. The van der Waals surface area contributed by atoms with Gasteiger partial charge in [0.1, 0.15) is 6.61 Å². The van der Waals surface area contributed by atoms with Crippen LogP contribution < -0.4 is 0 Å². The number of H-pyrrole nitrogens is 1. The van der Waals surface area contributed by atoms with Crippen molar-refractivity contribution in [2.75, 3.05) is 0 Å². The van der Waals surface area contributed by atoms with Gasteiger partial charge >= 0.3 is 6.18 Å². The quantitative estimate of drug-likeness (QED) is 0.780. The molecule has 0 unspecified atom stereocenters. The van der Waals surface area contributed by atoms with E-state index in [1.807, 2.05) is 0 Å². The lowest BCUT2D eigenvalue weighted by Crippen LogP contribution is -2.06. The largest absolute Gasteiger partial charge is 0.449 e. The van der Waals surface area contributed by atoms with Crippen molar-refractivity contribution in [2.45, 2.75) is 12.8 Å². The topological polar surface area (TPSA) is 48.6 Å². The number of imidazole rings is 1. The van der Waals surface area contributed by atoms with Crippen LogP contribution in [0.4, 0.5) is 13.2 Å². The van der Waals surface area contributed by atoms with Crippen molar-refractivity contribution in [1.29, 1.82) is 0 Å². The van der Waals surface area contributed by atoms with Crippen molar-refractivity contribution in [3.63, 3.8) is 0 Å². The number of nitrogens with zero attached hydrogens (tertiary/aromatic N) is 1. The molecule has 1 heterocycles. The Kier molecular flexibility index (Phi) is 2.15. The summed E-state index contributed by atoms with van der Waals surface area (Å²) >= 11 is 0. The zero-order valence-electron chi connectivity index (χ0n) is 7.43. The molecule has 1 aromatic carbocycles. The normalized spacial score (nSPS) is 12.3. The minimum Gasteiger partial charge on any atom is -0.334 e. The van der Waals surface area contributed by atoms with Crippen LogP contribution in [0.2, 0.25) is 0 Å². The van der Waals surface area contributed by atoms with E-state index in [0.717, 1.165) is 0 Å². The Hall–Kier alpha value is -1.56. The van der Waals surface area contributed by atoms with Crippen LogP contribution in [0.25, 0.3) is 11.0 Å². The molecule has 0 fully saturated rings. The van der Waals surface area contributed by atoms with Gasteiger partial charge in [0.05, 0.1) is 11.0 Å². The molecule has 15 heavy (non-hydrogen) atoms. The van der Waals surface area contributed by atoms with Gasteiger partial charge in [-0.15, -0.1) is 0 Å². The van der Waals surface area contributed by atoms with E-state index in [2.05, 4.69) is 9.97 Å². The summed E-state index contributed by atoms with van der Waals surface area (Å²) in [5.41, 5.74) is 0.592. The Morgan fingerprint density at radius 2 is 2.07 bits per heavy atom. The van der Waals surface area contributed by atoms with Crippen LogP contribution in [0.15, 0.2) is 18.2 Å². The van der Waals surface area contributed by atoms with Crippen molar-refractivity contribution in [1.82, 2.24) is 9.97 Å². The summed E-state index contributed by atoms with van der Waals surface area (Å²) in [5.74, 6) is -1.07. The van der Waals surface area contributed by atoms with Gasteiger partial charge in [0.2, 0.25) is 5.82 Å². The number of hydrogen-bond acceptors (Lipinski definition) is 1. The summed E-state index contributed by atoms with van der Waals surface area (Å²) in [6.45, 7) is -0.584. The third kappa shape index (κ3) is 1.68. The minimum atomic E-state index is -4.51. The Balaban J connectivity index is 2.65. The van der Waals surface area contributed by atoms with Crippen molar-refractivity contribution >= 4 is 11.0 Å². The molecule has 0 saturated carbocycles. The Bertz CT molecular complexity index is 490. The monoisotopic (exact) mass is 215 g/mol. The predicted octanol–water partition coefficient (Wildman–Crippen LogP) is 2.51. The smallest absolute Gasteiger partial charge is 0.334 e. The van der Waals surface area contributed by atoms with Gasteiger partial charge in [0.25, 0.3) is 0 Å². The molecule has 1 aromatic heterocycles. The van der Waals surface area contributed by atoms with E-state index in [-0.39, 0.29) is 16.6 Å². The number of aromatic amines is 1. The lowest BCUT2D eigenvalue weighted by atomic mass is 10.2. The van der Waals surface area contributed by atoms with Gasteiger partial charge in [-0.3, -0.25) is 0 Å². The first-order chi connectivity index (χ1) is 7.02. The number of halogens is 3. The van der Waals surface area contributed by atoms with Crippen LogP contribution in [-0.2, 0) is 17.9 Å². The van der Waals surface area contributed by atoms with E-state index in [9.17, 15) is 18.3 Å². The first-order valence-corrected chi connectivity index (χ1v) is 4.15. The van der Waals surface area contributed by atoms with E-state index in [1.54, 1.807) is 0 Å². The summed E-state index contributed by atoms with van der Waals surface area (Å²) in [6.07, 6.45) is -4.51. The summed E-state index contributed by atoms with van der Waals surface area (Å²) in [6, 6.07) is 4.45. The highest BCUT2D eigenvalue weighted by molar-refractivity contribution is 5.78. The maximum atomic E-state index is 12.3. The van der Waals surface area contributed by atoms with Gasteiger partial charge < -0.3 is 4.98 Å². The number of benzene rings is 1. The average molecular weight is 215 g/mol. The zero-order valence-corrected chi connectivity index (χ0v) is 7.43. The fourth-order valence-corrected chi connectivity index (χ4v) is 1.34. The molecule has 2 rings (SSSR count). The standard InChI is InChI=1S/C9H6F3N2O/c10-9(11,12)8-13-6-3-1-2-5(4-15)7(6)14-8/h1-3H,4H2,(H,13,14). The highest BCUT2D eigenvalue weighted by atomic mass is 19.4. The maximum Gasteiger partial charge on any atom is 0.449 e. The number of aromatic nitrogens is 2. The first-order valence-electron chi connectivity index (χ1n) is 4.15. The predicted molar refractivity (Wildman–Crippen MR) is 45.5 cm³/mol. The second kappa shape index (κ2) is 3.23. The third-order valence-electron chi connectivity index (χ3n) is 2.02. The second-order valence-electron chi connectivity index (χ2n) is 3.04. The van der Waals surface area contributed by atoms with Crippen molar-refractivity contribution in [2.24, 2.45) is 0 Å². The molecule has 0 aliphatic carbocycles. The van der Waals surface area contributed by atoms with Crippen LogP contribution in [0.1, 0.15) is 11.4 Å². The molecule has 0 spiro atoms. The third-order valence-corrected chi connectivity index (χ3v) is 2.02. The molecule has 3 nitrogen and oxygen atoms in total. The summed E-state index contributed by atoms with van der Waals surface area (Å²) in [4.78, 5) is 5.51. The van der Waals surface area contributed by atoms with Crippen LogP contribution in [0.5, 0.6) is 0 Å². The first kappa shape index (κ1) is 9.97. The molecule has 0 saturated heterocycles. The molecule has 0 aliphatic heterocycles. The second-order valence-corrected chi connectivity index (χ2v) is 3.04. The molecular weight excluding hydrogens is 209 g/mol. The van der Waals surface area contributed by atoms with Gasteiger partial charge in [0.15, 0.2) is 0 Å². The number of alkyl halides is 3. The Labute approximate surface area is 82.6 Å². The molecule has 1 radical (unpaired) electrons. The molecule has 0 amide bonds. The molecule has 1 N–H and O–H groups in total. The molecule has 0 bridgehead atoms. The SMILES string of the molecule is [O]Cc1cccc2[nH]c(C(F)(F)F)nc12. The number of nitrogens with one attached hydrogen (secondary N) is 1. The van der Waals surface area contributed by atoms with E-state index in [1.165, 1.54) is 18.2 Å². The minimum absolute atomic E-state index is 0.0971. The highest BCUT2D eigenvalue weighted by Crippen LogP contribution is 2.29. The molecule has 0 aliphatic rings. The van der Waals surface area contributed by atoms with Crippen LogP contribution in [-0.4, -0.2) is 9.97 Å². The fourth-order valence-electron chi connectivity index (χ4n) is 1.34. The van der Waals surface area contributed by atoms with Crippen molar-refractivity contribution in [3.8, 4) is 0 Å². The van der Waals surface area contributed by atoms with Gasteiger partial charge in [-0.2, -0.15) is 13.2 Å². The molecule has 0 atom stereocenters. The Morgan fingerprint density at radius 1 is 1.33 bits per heavy atom. The van der Waals surface area contributed by atoms with Crippen LogP contribution in [0.3, 0.4) is 0 Å².